The van der Waals surface area contributed by atoms with Gasteiger partial charge in [0, 0.05) is 0 Å². The Bertz CT molecular complexity index is 328. The summed E-state index contributed by atoms with van der Waals surface area (Å²) in [6.45, 7) is 0. The van der Waals surface area contributed by atoms with E-state index in [0.29, 0.717) is 0 Å². The van der Waals surface area contributed by atoms with Gasteiger partial charge in [0.2, 0.25) is 0 Å². The molecule has 0 aromatic carbocycles. The number of azo groups is 1. The summed E-state index contributed by atoms with van der Waals surface area (Å²) in [5.74, 6) is 0.173. The van der Waals surface area contributed by atoms with E-state index >= 15 is 0 Å². The zero-order valence-corrected chi connectivity index (χ0v) is 5.15. The lowest BCUT2D eigenvalue weighted by atomic mass is 10.9. The highest BCUT2D eigenvalue weighted by Crippen LogP contribution is 2.23. The second-order valence-corrected chi connectivity index (χ2v) is 1.85. The Morgan fingerprint density at radius 3 is 3.27 bits per heavy atom. The fourth-order valence-corrected chi connectivity index (χ4v) is 0.762. The summed E-state index contributed by atoms with van der Waals surface area (Å²) in [7, 11) is 0. The normalized spacial score (nSPS) is 20.2. The Labute approximate surface area is 59.7 Å². The highest BCUT2D eigenvalue weighted by atomic mass is 16.6. The molecular formula is C3H2N6O2. The molecule has 56 valence electrons. The fourth-order valence-electron chi connectivity index (χ4n) is 0.762. The molecule has 1 aliphatic rings. The van der Waals surface area contributed by atoms with Crippen molar-refractivity contribution in [3.63, 3.8) is 0 Å². The average Bonchev–Trinajstić information content (AvgIpc) is 2.41. The van der Waals surface area contributed by atoms with Crippen molar-refractivity contribution in [2.45, 2.75) is 6.29 Å². The molecule has 0 aliphatic carbocycles. The van der Waals surface area contributed by atoms with Gasteiger partial charge in [0.05, 0.1) is 4.92 Å². The number of nitrogens with zero attached hydrogens (tertiary/aromatic N) is 6. The van der Waals surface area contributed by atoms with Gasteiger partial charge in [-0.3, -0.25) is 10.1 Å². The van der Waals surface area contributed by atoms with Crippen molar-refractivity contribution >= 4 is 5.95 Å². The van der Waals surface area contributed by atoms with Crippen LogP contribution in [-0.4, -0.2) is 19.7 Å². The van der Waals surface area contributed by atoms with E-state index in [9.17, 15) is 10.1 Å². The molecule has 1 aliphatic heterocycles. The molecule has 0 radical (unpaired) electrons. The lowest BCUT2D eigenvalue weighted by Crippen LogP contribution is -2.13. The molecule has 0 fully saturated rings. The maximum absolute atomic E-state index is 10.2. The molecule has 1 atom stereocenters. The maximum atomic E-state index is 10.2. The number of fused-ring (bicyclic) bond motifs is 1. The van der Waals surface area contributed by atoms with Gasteiger partial charge in [-0.15, -0.1) is 9.80 Å². The van der Waals surface area contributed by atoms with E-state index in [1.807, 2.05) is 0 Å². The molecule has 1 aromatic rings. The minimum atomic E-state index is -1.23. The van der Waals surface area contributed by atoms with Gasteiger partial charge in [-0.25, -0.2) is 0 Å². The van der Waals surface area contributed by atoms with Crippen LogP contribution >= 0.6 is 0 Å². The van der Waals surface area contributed by atoms with Crippen molar-refractivity contribution in [3.8, 4) is 0 Å². The van der Waals surface area contributed by atoms with E-state index in [0.717, 1.165) is 4.68 Å². The van der Waals surface area contributed by atoms with E-state index in [1.165, 1.54) is 6.33 Å². The van der Waals surface area contributed by atoms with Gasteiger partial charge in [0.25, 0.3) is 5.95 Å². The number of hydrogen-bond acceptors (Lipinski definition) is 6. The van der Waals surface area contributed by atoms with E-state index < -0.39 is 11.2 Å². The summed E-state index contributed by atoms with van der Waals surface area (Å²) in [6.07, 6.45) is -0.0307. The van der Waals surface area contributed by atoms with Gasteiger partial charge in [-0.05, 0) is 0 Å². The van der Waals surface area contributed by atoms with Crippen LogP contribution in [-0.2, 0) is 0 Å². The fraction of sp³-hybridized carbons (Fsp3) is 0.333. The van der Waals surface area contributed by atoms with Gasteiger partial charge < -0.3 is 0 Å². The standard InChI is InChI=1S/C3H2N6O2/c10-9(11)3-7-6-2-4-1-5-8(2)3/h1,3H/t3-/m0/s1. The molecule has 0 bridgehead atoms. The summed E-state index contributed by atoms with van der Waals surface area (Å²) in [6, 6.07) is 0. The largest absolute Gasteiger partial charge is 0.423 e. The smallest absolute Gasteiger partial charge is 0.261 e. The number of hydrogen-bond donors (Lipinski definition) is 0. The first-order valence-electron chi connectivity index (χ1n) is 2.73. The van der Waals surface area contributed by atoms with E-state index in [4.69, 9.17) is 0 Å². The first kappa shape index (κ1) is 5.89. The zero-order chi connectivity index (χ0) is 7.84. The summed E-state index contributed by atoms with van der Waals surface area (Å²) < 4.78 is 1.04. The molecule has 2 heterocycles. The lowest BCUT2D eigenvalue weighted by molar-refractivity contribution is -0.547. The first-order chi connectivity index (χ1) is 5.29. The van der Waals surface area contributed by atoms with Crippen LogP contribution in [0.4, 0.5) is 5.95 Å². The molecule has 2 rings (SSSR count). The molecular weight excluding hydrogens is 152 g/mol. The Hall–Kier alpha value is -1.86. The Balaban J connectivity index is 2.46. The van der Waals surface area contributed by atoms with Gasteiger partial charge >= 0.3 is 6.29 Å². The third kappa shape index (κ3) is 0.687. The van der Waals surface area contributed by atoms with Crippen LogP contribution < -0.4 is 0 Å². The van der Waals surface area contributed by atoms with E-state index in [-0.39, 0.29) is 5.95 Å². The van der Waals surface area contributed by atoms with Crippen molar-refractivity contribution in [3.05, 3.63) is 16.4 Å². The Kier molecular flexibility index (Phi) is 0.969. The van der Waals surface area contributed by atoms with E-state index in [2.05, 4.69) is 20.3 Å². The van der Waals surface area contributed by atoms with Crippen molar-refractivity contribution < 1.29 is 4.92 Å². The molecule has 0 spiro atoms. The van der Waals surface area contributed by atoms with Gasteiger partial charge in [0.15, 0.2) is 0 Å². The predicted octanol–water partition coefficient (Wildman–Crippen LogP) is 0.108. The molecule has 0 amide bonds. The van der Waals surface area contributed by atoms with Crippen molar-refractivity contribution in [1.82, 2.24) is 14.8 Å². The van der Waals surface area contributed by atoms with Crippen LogP contribution in [0.3, 0.4) is 0 Å². The Morgan fingerprint density at radius 1 is 1.73 bits per heavy atom. The van der Waals surface area contributed by atoms with Gasteiger partial charge in [-0.2, -0.15) is 10.1 Å². The van der Waals surface area contributed by atoms with Crippen LogP contribution in [0.1, 0.15) is 6.29 Å². The number of nitro groups is 1. The maximum Gasteiger partial charge on any atom is 0.423 e. The molecule has 11 heavy (non-hydrogen) atoms. The third-order valence-corrected chi connectivity index (χ3v) is 1.21. The van der Waals surface area contributed by atoms with Gasteiger partial charge in [-0.1, -0.05) is 5.11 Å². The topological polar surface area (TPSA) is 98.6 Å². The molecule has 0 saturated carbocycles. The number of aromatic nitrogens is 3. The highest BCUT2D eigenvalue weighted by Gasteiger charge is 2.30. The molecule has 0 N–H and O–H groups in total. The summed E-state index contributed by atoms with van der Waals surface area (Å²) in [5, 5.41) is 20.6. The van der Waals surface area contributed by atoms with Crippen molar-refractivity contribution in [2.24, 2.45) is 10.2 Å². The van der Waals surface area contributed by atoms with Crippen LogP contribution in [0.25, 0.3) is 0 Å². The Morgan fingerprint density at radius 2 is 2.55 bits per heavy atom. The SMILES string of the molecule is O=[N+]([O-])[C@H]1N=Nc2ncnn21. The second kappa shape index (κ2) is 1.81. The lowest BCUT2D eigenvalue weighted by Gasteiger charge is -1.95. The van der Waals surface area contributed by atoms with Crippen LogP contribution in [0, 0.1) is 10.1 Å². The molecule has 0 unspecified atom stereocenters. The molecule has 8 nitrogen and oxygen atoms in total. The van der Waals surface area contributed by atoms with Gasteiger partial charge in [0.1, 0.15) is 6.33 Å². The molecule has 8 heteroatoms. The average molecular weight is 154 g/mol. The van der Waals surface area contributed by atoms with Crippen LogP contribution in [0.5, 0.6) is 0 Å². The molecule has 0 saturated heterocycles. The second-order valence-electron chi connectivity index (χ2n) is 1.85. The highest BCUT2D eigenvalue weighted by molar-refractivity contribution is 5.13. The predicted molar refractivity (Wildman–Crippen MR) is 30.6 cm³/mol. The summed E-state index contributed by atoms with van der Waals surface area (Å²) in [5.41, 5.74) is 0. The molecule has 1 aromatic heterocycles. The van der Waals surface area contributed by atoms with Crippen molar-refractivity contribution in [2.75, 3.05) is 0 Å². The zero-order valence-electron chi connectivity index (χ0n) is 5.15. The number of rotatable bonds is 1. The summed E-state index contributed by atoms with van der Waals surface area (Å²) >= 11 is 0. The minimum Gasteiger partial charge on any atom is -0.261 e. The first-order valence-corrected chi connectivity index (χ1v) is 2.73. The van der Waals surface area contributed by atoms with Crippen LogP contribution in [0.15, 0.2) is 16.6 Å². The van der Waals surface area contributed by atoms with E-state index in [1.54, 1.807) is 0 Å². The quantitative estimate of drug-likeness (QED) is 0.423. The van der Waals surface area contributed by atoms with Crippen LogP contribution in [0.2, 0.25) is 0 Å². The third-order valence-electron chi connectivity index (χ3n) is 1.21. The monoisotopic (exact) mass is 154 g/mol. The minimum absolute atomic E-state index is 0.173. The van der Waals surface area contributed by atoms with Crippen molar-refractivity contribution in [1.29, 1.82) is 0 Å². The summed E-state index contributed by atoms with van der Waals surface area (Å²) in [4.78, 5) is 13.3.